The first-order chi connectivity index (χ1) is 6.07. The van der Waals surface area contributed by atoms with Crippen molar-refractivity contribution in [2.24, 2.45) is 0 Å². The molecular weight excluding hydrogens is 277 g/mol. The second-order valence-electron chi connectivity index (χ2n) is 2.38. The van der Waals surface area contributed by atoms with Crippen LogP contribution in [-0.4, -0.2) is 11.7 Å². The summed E-state index contributed by atoms with van der Waals surface area (Å²) in [5.41, 5.74) is 6.32. The maximum Gasteiger partial charge on any atom is 0.180 e. The van der Waals surface area contributed by atoms with Gasteiger partial charge in [-0.1, -0.05) is 11.6 Å². The molecule has 2 N–H and O–H groups in total. The molecule has 0 bridgehead atoms. The number of halogens is 3. The monoisotopic (exact) mass is 281 g/mol. The lowest BCUT2D eigenvalue weighted by Gasteiger charge is -2.06. The molecule has 0 spiro atoms. The molecule has 0 atom stereocenters. The van der Waals surface area contributed by atoms with Crippen molar-refractivity contribution in [1.29, 1.82) is 0 Å². The summed E-state index contributed by atoms with van der Waals surface area (Å²) in [7, 11) is 0. The molecule has 0 aromatic heterocycles. The van der Waals surface area contributed by atoms with Crippen molar-refractivity contribution in [1.82, 2.24) is 0 Å². The smallest absolute Gasteiger partial charge is 0.180 e. The lowest BCUT2D eigenvalue weighted by molar-refractivity contribution is 0.102. The van der Waals surface area contributed by atoms with E-state index in [1.807, 2.05) is 0 Å². The van der Waals surface area contributed by atoms with E-state index in [0.29, 0.717) is 20.7 Å². The van der Waals surface area contributed by atoms with Gasteiger partial charge >= 0.3 is 0 Å². The third-order valence-electron chi connectivity index (χ3n) is 1.53. The zero-order valence-electron chi connectivity index (χ0n) is 6.48. The fraction of sp³-hybridized carbons (Fsp3) is 0.125. The number of alkyl halides is 1. The standard InChI is InChI=1S/C8H6BrCl2NO/c9-8-4(11)1-2-5(12)7(8)6(13)3-10/h1-2H,3,12H2. The highest BCUT2D eigenvalue weighted by Crippen LogP contribution is 2.30. The minimum absolute atomic E-state index is 0.108. The number of carbonyl (C=O) groups excluding carboxylic acids is 1. The maximum atomic E-state index is 11.3. The van der Waals surface area contributed by atoms with Crippen LogP contribution in [0.2, 0.25) is 5.02 Å². The van der Waals surface area contributed by atoms with Crippen molar-refractivity contribution in [2.75, 3.05) is 11.6 Å². The van der Waals surface area contributed by atoms with E-state index in [2.05, 4.69) is 15.9 Å². The maximum absolute atomic E-state index is 11.3. The van der Waals surface area contributed by atoms with Crippen LogP contribution >= 0.6 is 39.1 Å². The molecule has 0 aliphatic rings. The van der Waals surface area contributed by atoms with Crippen molar-refractivity contribution < 1.29 is 4.79 Å². The van der Waals surface area contributed by atoms with E-state index in [4.69, 9.17) is 28.9 Å². The van der Waals surface area contributed by atoms with E-state index in [1.165, 1.54) is 0 Å². The Labute approximate surface area is 94.1 Å². The first-order valence-corrected chi connectivity index (χ1v) is 5.11. The van der Waals surface area contributed by atoms with Gasteiger partial charge in [0, 0.05) is 10.2 Å². The molecule has 0 aliphatic carbocycles. The average Bonchev–Trinajstić information content (AvgIpc) is 2.12. The molecule has 0 heterocycles. The van der Waals surface area contributed by atoms with Crippen LogP contribution in [0.4, 0.5) is 5.69 Å². The van der Waals surface area contributed by atoms with E-state index < -0.39 is 0 Å². The zero-order valence-corrected chi connectivity index (χ0v) is 9.58. The molecule has 0 saturated heterocycles. The van der Waals surface area contributed by atoms with E-state index in [-0.39, 0.29) is 11.7 Å². The Hall–Kier alpha value is -0.250. The van der Waals surface area contributed by atoms with Crippen molar-refractivity contribution in [3.8, 4) is 0 Å². The van der Waals surface area contributed by atoms with Crippen LogP contribution in [0.25, 0.3) is 0 Å². The third kappa shape index (κ3) is 2.16. The number of hydrogen-bond acceptors (Lipinski definition) is 2. The van der Waals surface area contributed by atoms with Gasteiger partial charge in [0.15, 0.2) is 5.78 Å². The predicted molar refractivity (Wildman–Crippen MR) is 58.6 cm³/mol. The minimum Gasteiger partial charge on any atom is -0.398 e. The van der Waals surface area contributed by atoms with Crippen molar-refractivity contribution in [3.63, 3.8) is 0 Å². The number of benzene rings is 1. The Morgan fingerprint density at radius 3 is 2.69 bits per heavy atom. The number of carbonyl (C=O) groups is 1. The predicted octanol–water partition coefficient (Wildman–Crippen LogP) is 3.11. The van der Waals surface area contributed by atoms with Crippen molar-refractivity contribution >= 4 is 50.6 Å². The van der Waals surface area contributed by atoms with Gasteiger partial charge in [0.1, 0.15) is 0 Å². The van der Waals surface area contributed by atoms with Crippen LogP contribution in [-0.2, 0) is 0 Å². The number of nitrogens with two attached hydrogens (primary N) is 1. The van der Waals surface area contributed by atoms with Gasteiger partial charge < -0.3 is 5.73 Å². The quantitative estimate of drug-likeness (QED) is 0.515. The van der Waals surface area contributed by atoms with Crippen LogP contribution in [0.15, 0.2) is 16.6 Å². The number of hydrogen-bond donors (Lipinski definition) is 1. The topological polar surface area (TPSA) is 43.1 Å². The van der Waals surface area contributed by atoms with Crippen LogP contribution in [0.3, 0.4) is 0 Å². The Bertz CT molecular complexity index is 354. The molecule has 1 rings (SSSR count). The summed E-state index contributed by atoms with van der Waals surface area (Å²) in [5, 5.41) is 0.447. The van der Waals surface area contributed by atoms with Gasteiger partial charge in [0.05, 0.1) is 16.5 Å². The highest BCUT2D eigenvalue weighted by Gasteiger charge is 2.14. The molecule has 70 valence electrons. The fourth-order valence-electron chi connectivity index (χ4n) is 0.916. The SMILES string of the molecule is Nc1ccc(Cl)c(Br)c1C(=O)CCl. The van der Waals surface area contributed by atoms with Crippen molar-refractivity contribution in [2.45, 2.75) is 0 Å². The Morgan fingerprint density at radius 1 is 1.54 bits per heavy atom. The molecule has 1 aromatic carbocycles. The lowest BCUT2D eigenvalue weighted by atomic mass is 10.1. The first kappa shape index (κ1) is 10.8. The molecule has 0 unspecified atom stereocenters. The molecule has 0 radical (unpaired) electrons. The number of Topliss-reactive ketones (excluding diaryl/α,β-unsaturated/α-hetero) is 1. The van der Waals surface area contributed by atoms with E-state index >= 15 is 0 Å². The molecule has 13 heavy (non-hydrogen) atoms. The molecule has 2 nitrogen and oxygen atoms in total. The summed E-state index contributed by atoms with van der Waals surface area (Å²) in [5.74, 6) is -0.350. The van der Waals surface area contributed by atoms with Gasteiger partial charge in [-0.2, -0.15) is 0 Å². The highest BCUT2D eigenvalue weighted by atomic mass is 79.9. The van der Waals surface area contributed by atoms with Gasteiger partial charge in [-0.3, -0.25) is 4.79 Å². The molecular formula is C8H6BrCl2NO. The summed E-state index contributed by atoms with van der Waals surface area (Å²) in [6.45, 7) is 0. The summed E-state index contributed by atoms with van der Waals surface area (Å²) in [6.07, 6.45) is 0. The molecule has 0 saturated carbocycles. The largest absolute Gasteiger partial charge is 0.398 e. The summed E-state index contributed by atoms with van der Waals surface area (Å²) in [4.78, 5) is 11.3. The molecule has 0 aliphatic heterocycles. The molecule has 5 heteroatoms. The number of ketones is 1. The first-order valence-electron chi connectivity index (χ1n) is 3.40. The van der Waals surface area contributed by atoms with Crippen LogP contribution in [0.5, 0.6) is 0 Å². The van der Waals surface area contributed by atoms with Crippen LogP contribution < -0.4 is 5.73 Å². The molecule has 1 aromatic rings. The number of rotatable bonds is 2. The summed E-state index contributed by atoms with van der Waals surface area (Å²) in [6, 6.07) is 3.19. The fourth-order valence-corrected chi connectivity index (χ4v) is 1.79. The van der Waals surface area contributed by atoms with E-state index in [0.717, 1.165) is 0 Å². The van der Waals surface area contributed by atoms with E-state index in [1.54, 1.807) is 12.1 Å². The van der Waals surface area contributed by atoms with Crippen molar-refractivity contribution in [3.05, 3.63) is 27.2 Å². The summed E-state index contributed by atoms with van der Waals surface area (Å²) >= 11 is 14.4. The molecule has 0 amide bonds. The second kappa shape index (κ2) is 4.31. The number of anilines is 1. The lowest BCUT2D eigenvalue weighted by Crippen LogP contribution is -2.06. The summed E-state index contributed by atoms with van der Waals surface area (Å²) < 4.78 is 0.500. The minimum atomic E-state index is -0.242. The van der Waals surface area contributed by atoms with Gasteiger partial charge in [0.2, 0.25) is 0 Å². The Morgan fingerprint density at radius 2 is 2.15 bits per heavy atom. The van der Waals surface area contributed by atoms with Crippen LogP contribution in [0.1, 0.15) is 10.4 Å². The number of nitrogen functional groups attached to an aromatic ring is 1. The Kier molecular flexibility index (Phi) is 3.59. The van der Waals surface area contributed by atoms with Gasteiger partial charge in [-0.15, -0.1) is 11.6 Å². The zero-order chi connectivity index (χ0) is 10.0. The van der Waals surface area contributed by atoms with Gasteiger partial charge in [-0.05, 0) is 28.1 Å². The highest BCUT2D eigenvalue weighted by molar-refractivity contribution is 9.10. The second-order valence-corrected chi connectivity index (χ2v) is 3.85. The normalized spacial score (nSPS) is 10.1. The van der Waals surface area contributed by atoms with Gasteiger partial charge in [0.25, 0.3) is 0 Å². The van der Waals surface area contributed by atoms with Crippen LogP contribution in [0, 0.1) is 0 Å². The Balaban J connectivity index is 3.33. The third-order valence-corrected chi connectivity index (χ3v) is 3.14. The average molecular weight is 283 g/mol. The van der Waals surface area contributed by atoms with E-state index in [9.17, 15) is 4.79 Å². The van der Waals surface area contributed by atoms with Gasteiger partial charge in [-0.25, -0.2) is 0 Å². The molecule has 0 fully saturated rings.